The summed E-state index contributed by atoms with van der Waals surface area (Å²) in [6, 6.07) is 12.7. The SMILES string of the molecule is O=C(c1ccc(Cl)cc1)N1CCN(c2nnc(-c3ccccn3)s2)CC1. The summed E-state index contributed by atoms with van der Waals surface area (Å²) in [4.78, 5) is 20.9. The Kier molecular flexibility index (Phi) is 4.81. The lowest BCUT2D eigenvalue weighted by atomic mass is 10.2. The predicted octanol–water partition coefficient (Wildman–Crippen LogP) is 3.22. The molecule has 0 radical (unpaired) electrons. The molecular formula is C18H16ClN5OS. The fourth-order valence-corrected chi connectivity index (χ4v) is 3.81. The molecule has 0 bridgehead atoms. The summed E-state index contributed by atoms with van der Waals surface area (Å²) >= 11 is 7.41. The van der Waals surface area contributed by atoms with Gasteiger partial charge in [-0.25, -0.2) is 0 Å². The third-order valence-electron chi connectivity index (χ3n) is 4.23. The van der Waals surface area contributed by atoms with E-state index in [9.17, 15) is 4.79 Å². The maximum atomic E-state index is 12.6. The maximum Gasteiger partial charge on any atom is 0.253 e. The lowest BCUT2D eigenvalue weighted by Gasteiger charge is -2.34. The first-order valence-electron chi connectivity index (χ1n) is 8.25. The molecule has 2 aromatic heterocycles. The average molecular weight is 386 g/mol. The number of piperazine rings is 1. The number of benzene rings is 1. The van der Waals surface area contributed by atoms with Crippen LogP contribution in [0.5, 0.6) is 0 Å². The Morgan fingerprint density at radius 1 is 1.00 bits per heavy atom. The van der Waals surface area contributed by atoms with Crippen LogP contribution in [-0.2, 0) is 0 Å². The molecule has 3 aromatic rings. The van der Waals surface area contributed by atoms with Gasteiger partial charge in [0.15, 0.2) is 5.01 Å². The number of anilines is 1. The van der Waals surface area contributed by atoms with Crippen molar-refractivity contribution in [2.45, 2.75) is 0 Å². The molecule has 8 heteroatoms. The molecule has 1 fully saturated rings. The minimum absolute atomic E-state index is 0.0350. The molecule has 1 aromatic carbocycles. The Hall–Kier alpha value is -2.51. The van der Waals surface area contributed by atoms with Crippen molar-refractivity contribution in [3.63, 3.8) is 0 Å². The fourth-order valence-electron chi connectivity index (χ4n) is 2.81. The molecular weight excluding hydrogens is 370 g/mol. The second-order valence-electron chi connectivity index (χ2n) is 5.89. The van der Waals surface area contributed by atoms with Gasteiger partial charge in [0.2, 0.25) is 5.13 Å². The number of carbonyl (C=O) groups is 1. The van der Waals surface area contributed by atoms with E-state index < -0.39 is 0 Å². The smallest absolute Gasteiger partial charge is 0.253 e. The highest BCUT2D eigenvalue weighted by molar-refractivity contribution is 7.18. The molecule has 0 unspecified atom stereocenters. The van der Waals surface area contributed by atoms with Gasteiger partial charge in [-0.1, -0.05) is 29.0 Å². The van der Waals surface area contributed by atoms with E-state index in [2.05, 4.69) is 20.1 Å². The largest absolute Gasteiger partial charge is 0.343 e. The van der Waals surface area contributed by atoms with Gasteiger partial charge in [-0.3, -0.25) is 9.78 Å². The third-order valence-corrected chi connectivity index (χ3v) is 5.49. The molecule has 0 N–H and O–H groups in total. The van der Waals surface area contributed by atoms with E-state index in [1.165, 1.54) is 11.3 Å². The lowest BCUT2D eigenvalue weighted by Crippen LogP contribution is -2.48. The topological polar surface area (TPSA) is 62.2 Å². The van der Waals surface area contributed by atoms with Crippen LogP contribution < -0.4 is 4.90 Å². The molecule has 132 valence electrons. The van der Waals surface area contributed by atoms with Crippen molar-refractivity contribution in [3.8, 4) is 10.7 Å². The third kappa shape index (κ3) is 3.54. The summed E-state index contributed by atoms with van der Waals surface area (Å²) < 4.78 is 0. The maximum absolute atomic E-state index is 12.6. The molecule has 3 heterocycles. The van der Waals surface area contributed by atoms with Crippen LogP contribution in [0, 0.1) is 0 Å². The number of hydrogen-bond donors (Lipinski definition) is 0. The van der Waals surface area contributed by atoms with Crippen LogP contribution in [0.15, 0.2) is 48.7 Å². The van der Waals surface area contributed by atoms with Gasteiger partial charge in [0.25, 0.3) is 5.91 Å². The Balaban J connectivity index is 1.40. The predicted molar refractivity (Wildman–Crippen MR) is 103 cm³/mol. The van der Waals surface area contributed by atoms with E-state index in [4.69, 9.17) is 11.6 Å². The first-order valence-corrected chi connectivity index (χ1v) is 9.45. The van der Waals surface area contributed by atoms with Crippen molar-refractivity contribution >= 4 is 34.0 Å². The van der Waals surface area contributed by atoms with Gasteiger partial charge in [0.1, 0.15) is 5.69 Å². The zero-order chi connectivity index (χ0) is 17.9. The Morgan fingerprint density at radius 3 is 2.46 bits per heavy atom. The van der Waals surface area contributed by atoms with Gasteiger partial charge in [0.05, 0.1) is 0 Å². The fraction of sp³-hybridized carbons (Fsp3) is 0.222. The van der Waals surface area contributed by atoms with Gasteiger partial charge >= 0.3 is 0 Å². The molecule has 26 heavy (non-hydrogen) atoms. The van der Waals surface area contributed by atoms with Crippen LogP contribution in [0.3, 0.4) is 0 Å². The lowest BCUT2D eigenvalue weighted by molar-refractivity contribution is 0.0747. The normalized spacial score (nSPS) is 14.5. The average Bonchev–Trinajstić information content (AvgIpc) is 3.19. The second-order valence-corrected chi connectivity index (χ2v) is 7.28. The number of pyridine rings is 1. The first kappa shape index (κ1) is 16.9. The first-order chi connectivity index (χ1) is 12.7. The Morgan fingerprint density at radius 2 is 1.77 bits per heavy atom. The highest BCUT2D eigenvalue weighted by Gasteiger charge is 2.24. The van der Waals surface area contributed by atoms with E-state index in [0.29, 0.717) is 23.7 Å². The van der Waals surface area contributed by atoms with Crippen molar-refractivity contribution in [3.05, 3.63) is 59.2 Å². The molecule has 6 nitrogen and oxygen atoms in total. The van der Waals surface area contributed by atoms with E-state index in [-0.39, 0.29) is 5.91 Å². The van der Waals surface area contributed by atoms with Crippen LogP contribution in [0.25, 0.3) is 10.7 Å². The van der Waals surface area contributed by atoms with Gasteiger partial charge in [-0.2, -0.15) is 0 Å². The minimum Gasteiger partial charge on any atom is -0.343 e. The summed E-state index contributed by atoms with van der Waals surface area (Å²) in [6.45, 7) is 2.77. The molecule has 0 aliphatic carbocycles. The minimum atomic E-state index is 0.0350. The zero-order valence-corrected chi connectivity index (χ0v) is 15.5. The number of rotatable bonds is 3. The summed E-state index contributed by atoms with van der Waals surface area (Å²) in [5.41, 5.74) is 1.49. The Labute approximate surface area is 160 Å². The quantitative estimate of drug-likeness (QED) is 0.692. The summed E-state index contributed by atoms with van der Waals surface area (Å²) in [5, 5.41) is 10.8. The number of amides is 1. The van der Waals surface area contributed by atoms with Crippen LogP contribution in [0.1, 0.15) is 10.4 Å². The van der Waals surface area contributed by atoms with Crippen LogP contribution in [0.4, 0.5) is 5.13 Å². The van der Waals surface area contributed by atoms with Crippen LogP contribution >= 0.6 is 22.9 Å². The van der Waals surface area contributed by atoms with Gasteiger partial charge in [-0.05, 0) is 36.4 Å². The molecule has 4 rings (SSSR count). The summed E-state index contributed by atoms with van der Waals surface area (Å²) in [6.07, 6.45) is 1.75. The molecule has 0 spiro atoms. The molecule has 1 saturated heterocycles. The number of carbonyl (C=O) groups excluding carboxylic acids is 1. The molecule has 1 aliphatic heterocycles. The second kappa shape index (κ2) is 7.39. The van der Waals surface area contributed by atoms with E-state index >= 15 is 0 Å². The van der Waals surface area contributed by atoms with E-state index in [1.807, 2.05) is 23.1 Å². The van der Waals surface area contributed by atoms with Crippen LogP contribution in [-0.4, -0.2) is 52.2 Å². The zero-order valence-electron chi connectivity index (χ0n) is 13.9. The van der Waals surface area contributed by atoms with E-state index in [0.717, 1.165) is 28.9 Å². The molecule has 0 saturated carbocycles. The van der Waals surface area contributed by atoms with Gasteiger partial charge < -0.3 is 9.80 Å². The number of aromatic nitrogens is 3. The van der Waals surface area contributed by atoms with Crippen molar-refractivity contribution in [1.29, 1.82) is 0 Å². The van der Waals surface area contributed by atoms with Crippen molar-refractivity contribution in [2.75, 3.05) is 31.1 Å². The van der Waals surface area contributed by atoms with Crippen molar-refractivity contribution < 1.29 is 4.79 Å². The van der Waals surface area contributed by atoms with Crippen LogP contribution in [0.2, 0.25) is 5.02 Å². The Bertz CT molecular complexity index is 891. The monoisotopic (exact) mass is 385 g/mol. The highest BCUT2D eigenvalue weighted by Crippen LogP contribution is 2.28. The molecule has 1 amide bonds. The van der Waals surface area contributed by atoms with E-state index in [1.54, 1.807) is 30.5 Å². The number of halogens is 1. The molecule has 0 atom stereocenters. The molecule has 1 aliphatic rings. The standard InChI is InChI=1S/C18H16ClN5OS/c19-14-6-4-13(5-7-14)17(25)23-9-11-24(12-10-23)18-22-21-16(26-18)15-3-1-2-8-20-15/h1-8H,9-12H2. The number of hydrogen-bond acceptors (Lipinski definition) is 6. The van der Waals surface area contributed by atoms with Crippen molar-refractivity contribution in [1.82, 2.24) is 20.1 Å². The van der Waals surface area contributed by atoms with Crippen molar-refractivity contribution in [2.24, 2.45) is 0 Å². The summed E-state index contributed by atoms with van der Waals surface area (Å²) in [7, 11) is 0. The van der Waals surface area contributed by atoms with Gasteiger partial charge in [0, 0.05) is 43.0 Å². The number of nitrogens with zero attached hydrogens (tertiary/aromatic N) is 5. The summed E-state index contributed by atoms with van der Waals surface area (Å²) in [5.74, 6) is 0.0350. The van der Waals surface area contributed by atoms with Gasteiger partial charge in [-0.15, -0.1) is 10.2 Å². The highest BCUT2D eigenvalue weighted by atomic mass is 35.5.